The molecular weight excluding hydrogens is 406 g/mol. The minimum atomic E-state index is -3.72. The van der Waals surface area contributed by atoms with E-state index < -0.39 is 10.0 Å². The third-order valence-corrected chi connectivity index (χ3v) is 5.92. The third-order valence-electron chi connectivity index (χ3n) is 4.45. The van der Waals surface area contributed by atoms with Gasteiger partial charge in [0.1, 0.15) is 5.75 Å². The number of anilines is 1. The van der Waals surface area contributed by atoms with Crippen molar-refractivity contribution < 1.29 is 22.7 Å². The van der Waals surface area contributed by atoms with Crippen molar-refractivity contribution in [3.05, 3.63) is 53.1 Å². The fourth-order valence-electron chi connectivity index (χ4n) is 2.73. The van der Waals surface area contributed by atoms with E-state index in [1.54, 1.807) is 0 Å². The number of hydrogen-bond donors (Lipinski definition) is 3. The number of nitrogens with one attached hydrogen (secondary N) is 3. The van der Waals surface area contributed by atoms with Crippen LogP contribution in [0.25, 0.3) is 0 Å². The van der Waals surface area contributed by atoms with Crippen molar-refractivity contribution in [2.45, 2.75) is 32.6 Å². The van der Waals surface area contributed by atoms with E-state index in [4.69, 9.17) is 4.74 Å². The molecule has 0 aliphatic carbocycles. The lowest BCUT2D eigenvalue weighted by molar-refractivity contribution is -0.123. The maximum Gasteiger partial charge on any atom is 0.257 e. The summed E-state index contributed by atoms with van der Waals surface area (Å²) in [5, 5.41) is 5.19. The molecule has 9 heteroatoms. The molecule has 162 valence electrons. The van der Waals surface area contributed by atoms with E-state index in [2.05, 4.69) is 15.4 Å². The van der Waals surface area contributed by atoms with Crippen LogP contribution in [0.1, 0.15) is 23.6 Å². The summed E-state index contributed by atoms with van der Waals surface area (Å²) < 4.78 is 32.6. The molecule has 0 fully saturated rings. The normalized spacial score (nSPS) is 11.1. The summed E-state index contributed by atoms with van der Waals surface area (Å²) in [6, 6.07) is 9.73. The average Bonchev–Trinajstić information content (AvgIpc) is 2.68. The quantitative estimate of drug-likeness (QED) is 0.524. The zero-order chi connectivity index (χ0) is 22.3. The molecule has 0 spiro atoms. The van der Waals surface area contributed by atoms with Gasteiger partial charge in [0, 0.05) is 25.7 Å². The first-order chi connectivity index (χ1) is 14.1. The third kappa shape index (κ3) is 6.57. The summed E-state index contributed by atoms with van der Waals surface area (Å²) in [4.78, 5) is 23.1. The van der Waals surface area contributed by atoms with Crippen molar-refractivity contribution in [2.24, 2.45) is 0 Å². The van der Waals surface area contributed by atoms with Crippen molar-refractivity contribution in [2.75, 3.05) is 25.0 Å². The fourth-order valence-corrected chi connectivity index (χ4v) is 3.76. The van der Waals surface area contributed by atoms with Gasteiger partial charge in [-0.3, -0.25) is 9.59 Å². The highest BCUT2D eigenvalue weighted by atomic mass is 32.2. The largest absolute Gasteiger partial charge is 0.483 e. The van der Waals surface area contributed by atoms with Gasteiger partial charge in [-0.1, -0.05) is 12.1 Å². The molecule has 8 nitrogen and oxygen atoms in total. The van der Waals surface area contributed by atoms with Crippen LogP contribution in [0.2, 0.25) is 0 Å². The first-order valence-electron chi connectivity index (χ1n) is 9.44. The van der Waals surface area contributed by atoms with Crippen molar-refractivity contribution in [3.8, 4) is 5.75 Å². The van der Waals surface area contributed by atoms with Crippen LogP contribution in [0.15, 0.2) is 41.3 Å². The molecule has 0 aromatic heterocycles. The molecule has 2 aromatic carbocycles. The Morgan fingerprint density at radius 1 is 0.933 bits per heavy atom. The summed E-state index contributed by atoms with van der Waals surface area (Å²) in [5.41, 5.74) is 3.52. The molecule has 2 rings (SSSR count). The molecule has 0 radical (unpaired) electrons. The molecule has 0 heterocycles. The van der Waals surface area contributed by atoms with Crippen LogP contribution in [0.3, 0.4) is 0 Å². The van der Waals surface area contributed by atoms with Gasteiger partial charge >= 0.3 is 0 Å². The number of carbonyl (C=O) groups excluding carboxylic acids is 2. The Hall–Kier alpha value is -2.91. The number of sulfonamides is 1. The summed E-state index contributed by atoms with van der Waals surface area (Å²) in [6.07, 6.45) is 0. The predicted octanol–water partition coefficient (Wildman–Crippen LogP) is 2.04. The lowest BCUT2D eigenvalue weighted by Crippen LogP contribution is -2.36. The van der Waals surface area contributed by atoms with Gasteiger partial charge in [-0.2, -0.15) is 0 Å². The van der Waals surface area contributed by atoms with Crippen LogP contribution >= 0.6 is 0 Å². The Labute approximate surface area is 177 Å². The van der Waals surface area contributed by atoms with E-state index in [1.165, 1.54) is 31.2 Å². The van der Waals surface area contributed by atoms with Crippen molar-refractivity contribution in [3.63, 3.8) is 0 Å². The minimum Gasteiger partial charge on any atom is -0.483 e. The molecule has 0 atom stereocenters. The molecule has 2 aromatic rings. The number of carbonyl (C=O) groups is 2. The zero-order valence-electron chi connectivity index (χ0n) is 17.5. The summed E-state index contributed by atoms with van der Waals surface area (Å²) in [5.74, 6) is 0.110. The van der Waals surface area contributed by atoms with Gasteiger partial charge in [0.05, 0.1) is 4.90 Å². The number of ether oxygens (including phenoxy) is 1. The maximum atomic E-state index is 12.3. The van der Waals surface area contributed by atoms with Crippen LogP contribution < -0.4 is 20.1 Å². The van der Waals surface area contributed by atoms with E-state index in [0.717, 1.165) is 16.7 Å². The van der Waals surface area contributed by atoms with Crippen LogP contribution in [0.5, 0.6) is 5.75 Å². The SMILES string of the molecule is CC(=O)Nc1ccc(S(=O)(=O)NCCNC(=O)COc2c(C)ccc(C)c2C)cc1. The summed E-state index contributed by atoms with van der Waals surface area (Å²) >= 11 is 0. The molecule has 0 bridgehead atoms. The highest BCUT2D eigenvalue weighted by Gasteiger charge is 2.14. The minimum absolute atomic E-state index is 0.0318. The zero-order valence-corrected chi connectivity index (χ0v) is 18.4. The molecule has 0 aliphatic rings. The molecular formula is C21H27N3O5S. The number of rotatable bonds is 9. The number of hydrogen-bond acceptors (Lipinski definition) is 5. The Morgan fingerprint density at radius 3 is 2.20 bits per heavy atom. The van der Waals surface area contributed by atoms with E-state index >= 15 is 0 Å². The smallest absolute Gasteiger partial charge is 0.257 e. The number of aryl methyl sites for hydroxylation is 2. The van der Waals surface area contributed by atoms with Gasteiger partial charge in [-0.15, -0.1) is 0 Å². The summed E-state index contributed by atoms with van der Waals surface area (Å²) in [6.45, 7) is 7.20. The second-order valence-electron chi connectivity index (χ2n) is 6.90. The highest BCUT2D eigenvalue weighted by molar-refractivity contribution is 7.89. The second kappa shape index (κ2) is 10.2. The highest BCUT2D eigenvalue weighted by Crippen LogP contribution is 2.25. The number of benzene rings is 2. The van der Waals surface area contributed by atoms with Gasteiger partial charge in [0.25, 0.3) is 5.91 Å². The summed E-state index contributed by atoms with van der Waals surface area (Å²) in [7, 11) is -3.72. The van der Waals surface area contributed by atoms with Crippen molar-refractivity contribution >= 4 is 27.5 Å². The fraction of sp³-hybridized carbons (Fsp3) is 0.333. The lowest BCUT2D eigenvalue weighted by Gasteiger charge is -2.14. The van der Waals surface area contributed by atoms with Gasteiger partial charge in [-0.05, 0) is 61.7 Å². The maximum absolute atomic E-state index is 12.3. The Balaban J connectivity index is 1.79. The molecule has 3 N–H and O–H groups in total. The second-order valence-corrected chi connectivity index (χ2v) is 8.66. The first-order valence-corrected chi connectivity index (χ1v) is 10.9. The first kappa shape index (κ1) is 23.4. The lowest BCUT2D eigenvalue weighted by atomic mass is 10.1. The Morgan fingerprint density at radius 2 is 1.57 bits per heavy atom. The van der Waals surface area contributed by atoms with Crippen LogP contribution in [0.4, 0.5) is 5.69 Å². The van der Waals surface area contributed by atoms with E-state index in [9.17, 15) is 18.0 Å². The van der Waals surface area contributed by atoms with E-state index in [-0.39, 0.29) is 36.4 Å². The van der Waals surface area contributed by atoms with Crippen LogP contribution in [-0.2, 0) is 19.6 Å². The standard InChI is InChI=1S/C21H27N3O5S/c1-14-5-6-15(2)21(16(14)3)29-13-20(26)22-11-12-23-30(27,28)19-9-7-18(8-10-19)24-17(4)25/h5-10,23H,11-13H2,1-4H3,(H,22,26)(H,24,25). The van der Waals surface area contributed by atoms with Crippen molar-refractivity contribution in [1.82, 2.24) is 10.0 Å². The van der Waals surface area contributed by atoms with Crippen LogP contribution in [0, 0.1) is 20.8 Å². The van der Waals surface area contributed by atoms with E-state index in [1.807, 2.05) is 32.9 Å². The monoisotopic (exact) mass is 433 g/mol. The number of amides is 2. The topological polar surface area (TPSA) is 114 Å². The van der Waals surface area contributed by atoms with Crippen molar-refractivity contribution in [1.29, 1.82) is 0 Å². The molecule has 0 aliphatic heterocycles. The van der Waals surface area contributed by atoms with Gasteiger partial charge < -0.3 is 15.4 Å². The molecule has 30 heavy (non-hydrogen) atoms. The Kier molecular flexibility index (Phi) is 7.96. The Bertz CT molecular complexity index is 1020. The van der Waals surface area contributed by atoms with Crippen LogP contribution in [-0.4, -0.2) is 39.9 Å². The molecule has 0 saturated heterocycles. The predicted molar refractivity (Wildman–Crippen MR) is 115 cm³/mol. The average molecular weight is 434 g/mol. The molecule has 0 saturated carbocycles. The van der Waals surface area contributed by atoms with Gasteiger partial charge in [0.15, 0.2) is 6.61 Å². The van der Waals surface area contributed by atoms with Gasteiger partial charge in [0.2, 0.25) is 15.9 Å². The van der Waals surface area contributed by atoms with Gasteiger partial charge in [-0.25, -0.2) is 13.1 Å². The van der Waals surface area contributed by atoms with E-state index in [0.29, 0.717) is 11.4 Å². The molecule has 0 unspecified atom stereocenters. The molecule has 2 amide bonds.